The third-order valence-electron chi connectivity index (χ3n) is 5.72. The molecular weight excluding hydrogens is 510 g/mol. The highest BCUT2D eigenvalue weighted by Crippen LogP contribution is 2.33. The number of carbonyl (C=O) groups is 1. The van der Waals surface area contributed by atoms with Crippen LogP contribution in [0.2, 0.25) is 0 Å². The minimum Gasteiger partial charge on any atom is -0.482 e. The van der Waals surface area contributed by atoms with Gasteiger partial charge in [-0.2, -0.15) is 5.10 Å². The van der Waals surface area contributed by atoms with E-state index in [2.05, 4.69) is 15.4 Å². The van der Waals surface area contributed by atoms with E-state index in [1.54, 1.807) is 59.3 Å². The Morgan fingerprint density at radius 1 is 0.974 bits per heavy atom. The number of nitrogens with one attached hydrogen (secondary N) is 1. The van der Waals surface area contributed by atoms with Gasteiger partial charge < -0.3 is 14.5 Å². The summed E-state index contributed by atoms with van der Waals surface area (Å²) < 4.78 is 40.6. The molecule has 2 aromatic heterocycles. The van der Waals surface area contributed by atoms with E-state index in [4.69, 9.17) is 9.15 Å². The molecular formula is C28H18F2N4O3S. The van der Waals surface area contributed by atoms with Crippen molar-refractivity contribution < 1.29 is 22.7 Å². The first-order chi connectivity index (χ1) is 18.5. The molecule has 0 aliphatic carbocycles. The molecule has 3 heterocycles. The maximum absolute atomic E-state index is 14.4. The Balaban J connectivity index is 1.42. The number of hydrogen-bond acceptors (Lipinski definition) is 6. The number of benzene rings is 3. The summed E-state index contributed by atoms with van der Waals surface area (Å²) in [7, 11) is 0. The van der Waals surface area contributed by atoms with Crippen LogP contribution in [0.4, 0.5) is 20.2 Å². The summed E-state index contributed by atoms with van der Waals surface area (Å²) in [6.45, 7) is -0.0379. The maximum Gasteiger partial charge on any atom is 0.262 e. The number of aromatic nitrogens is 1. The van der Waals surface area contributed by atoms with Crippen molar-refractivity contribution >= 4 is 34.8 Å². The van der Waals surface area contributed by atoms with Crippen molar-refractivity contribution in [2.24, 2.45) is 10.1 Å². The lowest BCUT2D eigenvalue weighted by Crippen LogP contribution is -2.25. The van der Waals surface area contributed by atoms with Crippen LogP contribution < -0.4 is 14.9 Å². The molecule has 188 valence electrons. The van der Waals surface area contributed by atoms with Gasteiger partial charge in [-0.05, 0) is 66.7 Å². The van der Waals surface area contributed by atoms with Crippen LogP contribution >= 0.6 is 11.3 Å². The van der Waals surface area contributed by atoms with E-state index in [1.165, 1.54) is 35.8 Å². The third-order valence-corrected chi connectivity index (χ3v) is 6.53. The molecule has 1 aliphatic rings. The standard InChI is InChI=1S/C28H18F2N4O3S/c29-19-8-5-17(6-9-19)25-12-10-20(37-25)14-31-34-24(16-38-28(34)33-22-4-2-1-3-21(22)30)18-7-11-26-23(13-18)32-27(35)15-36-26/h1-14,16H,15H2,(H,32,35). The van der Waals surface area contributed by atoms with E-state index in [1.807, 2.05) is 11.4 Å². The lowest BCUT2D eigenvalue weighted by Gasteiger charge is -2.18. The summed E-state index contributed by atoms with van der Waals surface area (Å²) in [5.74, 6) is 0.555. The van der Waals surface area contributed by atoms with Crippen LogP contribution in [0.3, 0.4) is 0 Å². The zero-order valence-electron chi connectivity index (χ0n) is 19.6. The maximum atomic E-state index is 14.4. The average molecular weight is 529 g/mol. The first-order valence-electron chi connectivity index (χ1n) is 11.5. The van der Waals surface area contributed by atoms with Gasteiger partial charge in [0.1, 0.15) is 34.6 Å². The van der Waals surface area contributed by atoms with Gasteiger partial charge in [0.2, 0.25) is 4.80 Å². The second-order valence-electron chi connectivity index (χ2n) is 8.28. The largest absolute Gasteiger partial charge is 0.482 e. The van der Waals surface area contributed by atoms with Crippen molar-refractivity contribution in [3.63, 3.8) is 0 Å². The van der Waals surface area contributed by atoms with Gasteiger partial charge in [-0.25, -0.2) is 18.4 Å². The summed E-state index contributed by atoms with van der Waals surface area (Å²) in [6.07, 6.45) is 1.52. The fourth-order valence-electron chi connectivity index (χ4n) is 3.88. The van der Waals surface area contributed by atoms with E-state index < -0.39 is 5.82 Å². The lowest BCUT2D eigenvalue weighted by atomic mass is 10.1. The fraction of sp³-hybridized carbons (Fsp3) is 0.0357. The minimum absolute atomic E-state index is 0.0379. The van der Waals surface area contributed by atoms with E-state index >= 15 is 0 Å². The molecule has 6 rings (SSSR count). The van der Waals surface area contributed by atoms with Crippen LogP contribution in [0.15, 0.2) is 98.8 Å². The smallest absolute Gasteiger partial charge is 0.262 e. The quantitative estimate of drug-likeness (QED) is 0.276. The monoisotopic (exact) mass is 528 g/mol. The van der Waals surface area contributed by atoms with E-state index in [0.29, 0.717) is 33.5 Å². The Morgan fingerprint density at radius 3 is 2.63 bits per heavy atom. The first kappa shape index (κ1) is 23.6. The number of carbonyl (C=O) groups excluding carboxylic acids is 1. The van der Waals surface area contributed by atoms with Crippen LogP contribution in [-0.2, 0) is 4.79 Å². The normalized spacial score (nSPS) is 13.4. The average Bonchev–Trinajstić information content (AvgIpc) is 3.56. The molecule has 1 aliphatic heterocycles. The second kappa shape index (κ2) is 9.91. The Hall–Kier alpha value is -4.83. The molecule has 5 aromatic rings. The highest BCUT2D eigenvalue weighted by atomic mass is 32.1. The summed E-state index contributed by atoms with van der Waals surface area (Å²) in [4.78, 5) is 16.7. The molecule has 1 N–H and O–H groups in total. The second-order valence-corrected chi connectivity index (χ2v) is 9.12. The molecule has 0 saturated carbocycles. The summed E-state index contributed by atoms with van der Waals surface area (Å²) in [5, 5.41) is 9.25. The molecule has 0 spiro atoms. The van der Waals surface area contributed by atoms with Crippen molar-refractivity contribution in [3.05, 3.63) is 106 Å². The van der Waals surface area contributed by atoms with E-state index in [9.17, 15) is 13.6 Å². The summed E-state index contributed by atoms with van der Waals surface area (Å²) in [6, 6.07) is 21.1. The number of hydrogen-bond donors (Lipinski definition) is 1. The Bertz CT molecular complexity index is 1750. The van der Waals surface area contributed by atoms with Crippen molar-refractivity contribution in [2.75, 3.05) is 11.9 Å². The number of ether oxygens (including phenoxy) is 1. The van der Waals surface area contributed by atoms with Crippen LogP contribution in [0.5, 0.6) is 5.75 Å². The fourth-order valence-corrected chi connectivity index (χ4v) is 4.73. The lowest BCUT2D eigenvalue weighted by molar-refractivity contribution is -0.118. The predicted molar refractivity (Wildman–Crippen MR) is 141 cm³/mol. The molecule has 7 nitrogen and oxygen atoms in total. The molecule has 0 radical (unpaired) electrons. The number of nitrogens with zero attached hydrogens (tertiary/aromatic N) is 3. The van der Waals surface area contributed by atoms with Crippen LogP contribution in [0.1, 0.15) is 5.76 Å². The SMILES string of the molecule is O=C1COc2ccc(-c3csc(=Nc4ccccc4F)n3N=Cc3ccc(-c4ccc(F)cc4)o3)cc2N1. The third kappa shape index (κ3) is 4.76. The number of anilines is 1. The minimum atomic E-state index is -0.457. The first-order valence-corrected chi connectivity index (χ1v) is 12.4. The van der Waals surface area contributed by atoms with Crippen molar-refractivity contribution in [2.45, 2.75) is 0 Å². The van der Waals surface area contributed by atoms with Crippen LogP contribution in [-0.4, -0.2) is 23.4 Å². The number of fused-ring (bicyclic) bond motifs is 1. The Labute approximate surface area is 219 Å². The van der Waals surface area contributed by atoms with Crippen LogP contribution in [0.25, 0.3) is 22.6 Å². The highest BCUT2D eigenvalue weighted by molar-refractivity contribution is 7.07. The Morgan fingerprint density at radius 2 is 1.79 bits per heavy atom. The number of furan rings is 1. The van der Waals surface area contributed by atoms with Gasteiger partial charge in [-0.1, -0.05) is 12.1 Å². The molecule has 1 amide bonds. The zero-order valence-corrected chi connectivity index (χ0v) is 20.4. The number of thiazole rings is 1. The number of amides is 1. The Kier molecular flexibility index (Phi) is 6.14. The molecule has 0 unspecified atom stereocenters. The highest BCUT2D eigenvalue weighted by Gasteiger charge is 2.18. The van der Waals surface area contributed by atoms with Gasteiger partial charge >= 0.3 is 0 Å². The van der Waals surface area contributed by atoms with E-state index in [0.717, 1.165) is 11.1 Å². The number of halogens is 2. The summed E-state index contributed by atoms with van der Waals surface area (Å²) in [5.41, 5.74) is 2.85. The number of rotatable bonds is 5. The van der Waals surface area contributed by atoms with Gasteiger partial charge in [-0.3, -0.25) is 4.79 Å². The molecule has 0 bridgehead atoms. The van der Waals surface area contributed by atoms with Crippen LogP contribution in [0, 0.1) is 11.6 Å². The molecule has 0 atom stereocenters. The number of para-hydroxylation sites is 1. The molecule has 0 fully saturated rings. The predicted octanol–water partition coefficient (Wildman–Crippen LogP) is 6.20. The van der Waals surface area contributed by atoms with Crippen molar-refractivity contribution in [3.8, 4) is 28.3 Å². The van der Waals surface area contributed by atoms with Gasteiger partial charge in [-0.15, -0.1) is 11.3 Å². The van der Waals surface area contributed by atoms with Gasteiger partial charge in [0, 0.05) is 16.5 Å². The summed E-state index contributed by atoms with van der Waals surface area (Å²) >= 11 is 1.28. The van der Waals surface area contributed by atoms with Gasteiger partial charge in [0.25, 0.3) is 5.91 Å². The molecule has 3 aromatic carbocycles. The molecule has 0 saturated heterocycles. The molecule has 10 heteroatoms. The van der Waals surface area contributed by atoms with Gasteiger partial charge in [0.05, 0.1) is 17.6 Å². The zero-order chi connectivity index (χ0) is 26.1. The van der Waals surface area contributed by atoms with Crippen molar-refractivity contribution in [1.82, 2.24) is 4.68 Å². The molecule has 38 heavy (non-hydrogen) atoms. The van der Waals surface area contributed by atoms with E-state index in [-0.39, 0.29) is 24.0 Å². The van der Waals surface area contributed by atoms with Gasteiger partial charge in [0.15, 0.2) is 6.61 Å². The van der Waals surface area contributed by atoms with Crippen molar-refractivity contribution in [1.29, 1.82) is 0 Å². The topological polar surface area (TPSA) is 81.1 Å².